The van der Waals surface area contributed by atoms with Gasteiger partial charge in [-0.15, -0.1) is 0 Å². The van der Waals surface area contributed by atoms with Crippen LogP contribution in [0, 0.1) is 0 Å². The average molecular weight is 298 g/mol. The third-order valence-corrected chi connectivity index (χ3v) is 3.27. The summed E-state index contributed by atoms with van der Waals surface area (Å²) >= 11 is 5.83. The van der Waals surface area contributed by atoms with Crippen molar-refractivity contribution in [2.45, 2.75) is 25.3 Å². The van der Waals surface area contributed by atoms with E-state index in [4.69, 9.17) is 21.4 Å². The number of hydrogen-bond donors (Lipinski definition) is 1. The zero-order chi connectivity index (χ0) is 14.5. The minimum absolute atomic E-state index is 0.0423. The summed E-state index contributed by atoms with van der Waals surface area (Å²) in [4.78, 5) is 24.3. The third-order valence-electron chi connectivity index (χ3n) is 3.03. The van der Waals surface area contributed by atoms with Crippen molar-refractivity contribution in [2.24, 2.45) is 0 Å². The lowest BCUT2D eigenvalue weighted by Crippen LogP contribution is -2.38. The SMILES string of the molecule is O=C(O)CCN(C(=O)COc1cccc(Cl)c1)C1CC1. The van der Waals surface area contributed by atoms with Crippen LogP contribution in [0.3, 0.4) is 0 Å². The number of aliphatic carboxylic acids is 1. The number of carboxylic acids is 1. The molecule has 6 heteroatoms. The lowest BCUT2D eigenvalue weighted by atomic mass is 10.3. The molecule has 0 saturated heterocycles. The summed E-state index contributed by atoms with van der Waals surface area (Å²) in [5, 5.41) is 9.24. The molecule has 0 unspecified atom stereocenters. The molecule has 108 valence electrons. The second-order valence-electron chi connectivity index (χ2n) is 4.71. The van der Waals surface area contributed by atoms with Crippen LogP contribution in [-0.4, -0.2) is 41.1 Å². The molecular weight excluding hydrogens is 282 g/mol. The molecule has 1 aliphatic rings. The maximum Gasteiger partial charge on any atom is 0.305 e. The quantitative estimate of drug-likeness (QED) is 0.838. The Bertz CT molecular complexity index is 502. The maximum absolute atomic E-state index is 12.1. The Morgan fingerprint density at radius 3 is 2.75 bits per heavy atom. The van der Waals surface area contributed by atoms with Crippen molar-refractivity contribution in [3.8, 4) is 5.75 Å². The highest BCUT2D eigenvalue weighted by atomic mass is 35.5. The van der Waals surface area contributed by atoms with Crippen molar-refractivity contribution in [3.63, 3.8) is 0 Å². The number of ether oxygens (including phenoxy) is 1. The van der Waals surface area contributed by atoms with Crippen LogP contribution in [0.4, 0.5) is 0 Å². The fraction of sp³-hybridized carbons (Fsp3) is 0.429. The topological polar surface area (TPSA) is 66.8 Å². The Balaban J connectivity index is 1.86. The number of nitrogens with zero attached hydrogens (tertiary/aromatic N) is 1. The van der Waals surface area contributed by atoms with Gasteiger partial charge in [-0.3, -0.25) is 9.59 Å². The van der Waals surface area contributed by atoms with Gasteiger partial charge in [0.05, 0.1) is 6.42 Å². The fourth-order valence-corrected chi connectivity index (χ4v) is 2.08. The minimum Gasteiger partial charge on any atom is -0.484 e. The van der Waals surface area contributed by atoms with Crippen molar-refractivity contribution in [1.29, 1.82) is 0 Å². The smallest absolute Gasteiger partial charge is 0.305 e. The van der Waals surface area contributed by atoms with Gasteiger partial charge in [0.2, 0.25) is 0 Å². The number of carbonyl (C=O) groups is 2. The molecule has 1 fully saturated rings. The highest BCUT2D eigenvalue weighted by molar-refractivity contribution is 6.30. The van der Waals surface area contributed by atoms with Crippen molar-refractivity contribution in [3.05, 3.63) is 29.3 Å². The Labute approximate surface area is 122 Å². The van der Waals surface area contributed by atoms with Crippen LogP contribution in [0.2, 0.25) is 5.02 Å². The number of rotatable bonds is 7. The molecule has 0 spiro atoms. The first-order valence-corrected chi connectivity index (χ1v) is 6.83. The number of amides is 1. The molecule has 2 rings (SSSR count). The third kappa shape index (κ3) is 4.42. The molecule has 1 amide bonds. The Hall–Kier alpha value is -1.75. The second kappa shape index (κ2) is 6.61. The highest BCUT2D eigenvalue weighted by Crippen LogP contribution is 2.27. The van der Waals surface area contributed by atoms with E-state index in [1.165, 1.54) is 0 Å². The Kier molecular flexibility index (Phi) is 4.84. The summed E-state index contributed by atoms with van der Waals surface area (Å²) in [7, 11) is 0. The van der Waals surface area contributed by atoms with Gasteiger partial charge in [0.25, 0.3) is 5.91 Å². The zero-order valence-electron chi connectivity index (χ0n) is 10.9. The van der Waals surface area contributed by atoms with E-state index in [1.54, 1.807) is 29.2 Å². The molecule has 1 aliphatic carbocycles. The van der Waals surface area contributed by atoms with E-state index in [0.717, 1.165) is 12.8 Å². The molecule has 5 nitrogen and oxygen atoms in total. The van der Waals surface area contributed by atoms with Gasteiger partial charge in [-0.25, -0.2) is 0 Å². The maximum atomic E-state index is 12.1. The summed E-state index contributed by atoms with van der Waals surface area (Å²) in [6.07, 6.45) is 1.82. The van der Waals surface area contributed by atoms with E-state index in [1.807, 2.05) is 0 Å². The highest BCUT2D eigenvalue weighted by Gasteiger charge is 2.32. The predicted molar refractivity (Wildman–Crippen MR) is 73.9 cm³/mol. The molecule has 0 aromatic heterocycles. The lowest BCUT2D eigenvalue weighted by molar-refractivity contribution is -0.139. The monoisotopic (exact) mass is 297 g/mol. The van der Waals surface area contributed by atoms with E-state index < -0.39 is 5.97 Å². The van der Waals surface area contributed by atoms with Crippen molar-refractivity contribution < 1.29 is 19.4 Å². The van der Waals surface area contributed by atoms with E-state index in [0.29, 0.717) is 10.8 Å². The summed E-state index contributed by atoms with van der Waals surface area (Å²) in [5.74, 6) is -0.562. The van der Waals surface area contributed by atoms with E-state index in [9.17, 15) is 9.59 Å². The summed E-state index contributed by atoms with van der Waals surface area (Å²) in [6, 6.07) is 6.99. The van der Waals surface area contributed by atoms with E-state index >= 15 is 0 Å². The van der Waals surface area contributed by atoms with Crippen LogP contribution in [0.25, 0.3) is 0 Å². The molecule has 1 N–H and O–H groups in total. The molecule has 1 aromatic rings. The first kappa shape index (κ1) is 14.7. The first-order chi connectivity index (χ1) is 9.56. The minimum atomic E-state index is -0.904. The van der Waals surface area contributed by atoms with Crippen LogP contribution < -0.4 is 4.74 Å². The van der Waals surface area contributed by atoms with Crippen LogP contribution >= 0.6 is 11.6 Å². The molecule has 1 aromatic carbocycles. The molecule has 1 saturated carbocycles. The lowest BCUT2D eigenvalue weighted by Gasteiger charge is -2.21. The molecule has 0 radical (unpaired) electrons. The standard InChI is InChI=1S/C14H16ClNO4/c15-10-2-1-3-12(8-10)20-9-13(17)16(11-4-5-11)7-6-14(18)19/h1-3,8,11H,4-7,9H2,(H,18,19). The summed E-state index contributed by atoms with van der Waals surface area (Å²) in [6.45, 7) is 0.133. The van der Waals surface area contributed by atoms with Gasteiger partial charge in [-0.1, -0.05) is 17.7 Å². The van der Waals surface area contributed by atoms with Gasteiger partial charge in [0.15, 0.2) is 6.61 Å². The largest absolute Gasteiger partial charge is 0.484 e. The Morgan fingerprint density at radius 1 is 1.40 bits per heavy atom. The van der Waals surface area contributed by atoms with Crippen LogP contribution in [0.1, 0.15) is 19.3 Å². The van der Waals surface area contributed by atoms with Crippen LogP contribution in [-0.2, 0) is 9.59 Å². The molecule has 0 bridgehead atoms. The van der Waals surface area contributed by atoms with Crippen molar-refractivity contribution in [1.82, 2.24) is 4.90 Å². The summed E-state index contributed by atoms with van der Waals surface area (Å²) < 4.78 is 5.39. The molecule has 20 heavy (non-hydrogen) atoms. The van der Waals surface area contributed by atoms with Crippen LogP contribution in [0.15, 0.2) is 24.3 Å². The van der Waals surface area contributed by atoms with Gasteiger partial charge in [-0.2, -0.15) is 0 Å². The van der Waals surface area contributed by atoms with Gasteiger partial charge in [-0.05, 0) is 31.0 Å². The van der Waals surface area contributed by atoms with Crippen LogP contribution in [0.5, 0.6) is 5.75 Å². The van der Waals surface area contributed by atoms with Gasteiger partial charge < -0.3 is 14.7 Å². The number of carboxylic acid groups (broad SMARTS) is 1. The van der Waals surface area contributed by atoms with E-state index in [-0.39, 0.29) is 31.5 Å². The van der Waals surface area contributed by atoms with Gasteiger partial charge in [0, 0.05) is 17.6 Å². The molecule has 0 atom stereocenters. The molecule has 0 aliphatic heterocycles. The average Bonchev–Trinajstić information content (AvgIpc) is 3.21. The van der Waals surface area contributed by atoms with Crippen molar-refractivity contribution >= 4 is 23.5 Å². The molecular formula is C14H16ClNO4. The predicted octanol–water partition coefficient (Wildman–Crippen LogP) is 2.18. The van der Waals surface area contributed by atoms with Crippen molar-refractivity contribution in [2.75, 3.05) is 13.2 Å². The number of benzene rings is 1. The number of hydrogen-bond acceptors (Lipinski definition) is 3. The van der Waals surface area contributed by atoms with Gasteiger partial charge >= 0.3 is 5.97 Å². The normalized spacial score (nSPS) is 13.8. The number of carbonyl (C=O) groups excluding carboxylic acids is 1. The fourth-order valence-electron chi connectivity index (χ4n) is 1.90. The Morgan fingerprint density at radius 2 is 2.15 bits per heavy atom. The zero-order valence-corrected chi connectivity index (χ0v) is 11.7. The first-order valence-electron chi connectivity index (χ1n) is 6.46. The van der Waals surface area contributed by atoms with Gasteiger partial charge in [0.1, 0.15) is 5.75 Å². The summed E-state index contributed by atoms with van der Waals surface area (Å²) in [5.41, 5.74) is 0. The number of halogens is 1. The second-order valence-corrected chi connectivity index (χ2v) is 5.14. The molecule has 0 heterocycles. The van der Waals surface area contributed by atoms with E-state index in [2.05, 4.69) is 0 Å².